The second-order valence-electron chi connectivity index (χ2n) is 10.9. The summed E-state index contributed by atoms with van der Waals surface area (Å²) in [4.78, 5) is 33.2. The van der Waals surface area contributed by atoms with Gasteiger partial charge in [-0.3, -0.25) is 19.4 Å². The first-order valence-electron chi connectivity index (χ1n) is 14.5. The number of para-hydroxylation sites is 2. The van der Waals surface area contributed by atoms with Crippen molar-refractivity contribution in [1.82, 2.24) is 0 Å². The number of nitrogens with zero attached hydrogens (tertiary/aromatic N) is 2. The third-order valence-electron chi connectivity index (χ3n) is 8.16. The SMILES string of the molecule is O=C1c2ccccc2NC(c2ccc(F)s2)N1c1cccc(-c2ccc3c(c2)C(=O)N(c2ccccc2)C(c2ccc(Cl)s2)N3)c1. The fraction of sp³-hybridized carbons (Fsp3) is 0.0556. The molecule has 0 saturated heterocycles. The Kier molecular flexibility index (Phi) is 7.09. The summed E-state index contributed by atoms with van der Waals surface area (Å²) < 4.78 is 14.8. The summed E-state index contributed by atoms with van der Waals surface area (Å²) in [6.07, 6.45) is -1.02. The summed E-state index contributed by atoms with van der Waals surface area (Å²) in [5.74, 6) is -0.326. The number of nitrogens with one attached hydrogen (secondary N) is 2. The van der Waals surface area contributed by atoms with Crippen LogP contribution in [0.15, 0.2) is 121 Å². The number of benzene rings is 4. The van der Waals surface area contributed by atoms with E-state index >= 15 is 0 Å². The predicted molar refractivity (Wildman–Crippen MR) is 185 cm³/mol. The van der Waals surface area contributed by atoms with Gasteiger partial charge in [-0.1, -0.05) is 60.1 Å². The first kappa shape index (κ1) is 28.5. The molecule has 46 heavy (non-hydrogen) atoms. The molecule has 2 atom stereocenters. The minimum Gasteiger partial charge on any atom is -0.360 e. The Morgan fingerprint density at radius 2 is 1.22 bits per heavy atom. The molecule has 2 unspecified atom stereocenters. The van der Waals surface area contributed by atoms with Crippen molar-refractivity contribution < 1.29 is 14.0 Å². The van der Waals surface area contributed by atoms with Gasteiger partial charge in [-0.2, -0.15) is 4.39 Å². The number of rotatable bonds is 5. The van der Waals surface area contributed by atoms with Gasteiger partial charge in [0, 0.05) is 27.6 Å². The molecule has 4 heterocycles. The highest BCUT2D eigenvalue weighted by molar-refractivity contribution is 7.16. The molecular formula is C36H24ClFN4O2S2. The molecule has 0 saturated carbocycles. The van der Waals surface area contributed by atoms with Crippen LogP contribution in [0.25, 0.3) is 11.1 Å². The number of hydrogen-bond acceptors (Lipinski definition) is 6. The van der Waals surface area contributed by atoms with E-state index in [1.54, 1.807) is 21.9 Å². The number of carbonyl (C=O) groups is 2. The molecule has 0 bridgehead atoms. The minimum atomic E-state index is -0.594. The van der Waals surface area contributed by atoms with Gasteiger partial charge in [-0.05, 0) is 83.9 Å². The largest absolute Gasteiger partial charge is 0.360 e. The van der Waals surface area contributed by atoms with Crippen LogP contribution in [-0.4, -0.2) is 11.8 Å². The second kappa shape index (κ2) is 11.4. The van der Waals surface area contributed by atoms with Crippen LogP contribution in [0.1, 0.15) is 42.8 Å². The van der Waals surface area contributed by atoms with E-state index in [1.165, 1.54) is 17.4 Å². The predicted octanol–water partition coefficient (Wildman–Crippen LogP) is 9.81. The van der Waals surface area contributed by atoms with Gasteiger partial charge in [0.05, 0.1) is 20.3 Å². The van der Waals surface area contributed by atoms with Crippen molar-refractivity contribution in [3.05, 3.63) is 152 Å². The molecule has 10 heteroatoms. The summed E-state index contributed by atoms with van der Waals surface area (Å²) >= 11 is 8.73. The highest BCUT2D eigenvalue weighted by Crippen LogP contribution is 2.43. The zero-order chi connectivity index (χ0) is 31.4. The molecule has 226 valence electrons. The van der Waals surface area contributed by atoms with Crippen molar-refractivity contribution in [1.29, 1.82) is 0 Å². The van der Waals surface area contributed by atoms with Gasteiger partial charge in [-0.15, -0.1) is 22.7 Å². The molecule has 4 aromatic carbocycles. The zero-order valence-corrected chi connectivity index (χ0v) is 26.4. The summed E-state index contributed by atoms with van der Waals surface area (Å²) in [5.41, 5.74) is 5.54. The van der Waals surface area contributed by atoms with Gasteiger partial charge in [0.1, 0.15) is 12.3 Å². The van der Waals surface area contributed by atoms with Gasteiger partial charge in [0.25, 0.3) is 11.8 Å². The molecule has 6 aromatic rings. The third-order valence-corrected chi connectivity index (χ3v) is 10.4. The Balaban J connectivity index is 1.19. The van der Waals surface area contributed by atoms with Crippen LogP contribution in [-0.2, 0) is 0 Å². The first-order chi connectivity index (χ1) is 22.4. The number of amides is 2. The Morgan fingerprint density at radius 3 is 1.96 bits per heavy atom. The first-order valence-corrected chi connectivity index (χ1v) is 16.5. The molecule has 6 nitrogen and oxygen atoms in total. The lowest BCUT2D eigenvalue weighted by Crippen LogP contribution is -2.43. The molecule has 0 spiro atoms. The van der Waals surface area contributed by atoms with Crippen LogP contribution in [0.4, 0.5) is 27.1 Å². The Hall–Kier alpha value is -4.96. The van der Waals surface area contributed by atoms with Crippen molar-refractivity contribution >= 4 is 68.8 Å². The molecule has 0 fully saturated rings. The fourth-order valence-electron chi connectivity index (χ4n) is 6.04. The summed E-state index contributed by atoms with van der Waals surface area (Å²) in [6.45, 7) is 0. The maximum absolute atomic E-state index is 14.2. The van der Waals surface area contributed by atoms with Crippen LogP contribution in [0.5, 0.6) is 0 Å². The van der Waals surface area contributed by atoms with E-state index in [4.69, 9.17) is 11.6 Å². The van der Waals surface area contributed by atoms with Crippen LogP contribution in [0.2, 0.25) is 4.34 Å². The Labute approximate surface area is 277 Å². The highest BCUT2D eigenvalue weighted by atomic mass is 35.5. The van der Waals surface area contributed by atoms with E-state index in [-0.39, 0.29) is 16.9 Å². The molecule has 0 aliphatic carbocycles. The lowest BCUT2D eigenvalue weighted by Gasteiger charge is -2.38. The lowest BCUT2D eigenvalue weighted by molar-refractivity contribution is 0.0967. The molecular weight excluding hydrogens is 639 g/mol. The minimum absolute atomic E-state index is 0.140. The fourth-order valence-corrected chi connectivity index (χ4v) is 7.92. The van der Waals surface area contributed by atoms with Crippen molar-refractivity contribution in [3.63, 3.8) is 0 Å². The van der Waals surface area contributed by atoms with E-state index < -0.39 is 12.3 Å². The standard InChI is InChI=1S/C36H24ClFN4O2S2/c37-31-17-15-29(45-31)33-40-28-14-13-22(20-26(28)36(44)41(33)23-8-2-1-3-9-23)21-7-6-10-24(19-21)42-34(30-16-18-32(38)46-30)39-27-12-5-4-11-25(27)35(42)43/h1-20,33-34,39-40H. The average Bonchev–Trinajstić information content (AvgIpc) is 3.73. The molecule has 0 radical (unpaired) electrons. The van der Waals surface area contributed by atoms with Gasteiger partial charge in [0.15, 0.2) is 5.13 Å². The van der Waals surface area contributed by atoms with Crippen molar-refractivity contribution in [3.8, 4) is 11.1 Å². The zero-order valence-electron chi connectivity index (χ0n) is 24.0. The number of anilines is 4. The average molecular weight is 663 g/mol. The van der Waals surface area contributed by atoms with Crippen molar-refractivity contribution in [2.24, 2.45) is 0 Å². The second-order valence-corrected chi connectivity index (χ2v) is 13.7. The maximum atomic E-state index is 14.2. The van der Waals surface area contributed by atoms with Gasteiger partial charge in [0.2, 0.25) is 0 Å². The summed E-state index contributed by atoms with van der Waals surface area (Å²) in [5, 5.41) is 6.67. The summed E-state index contributed by atoms with van der Waals surface area (Å²) in [7, 11) is 0. The van der Waals surface area contributed by atoms with Crippen LogP contribution in [0.3, 0.4) is 0 Å². The third kappa shape index (κ3) is 4.93. The number of carbonyl (C=O) groups excluding carboxylic acids is 2. The summed E-state index contributed by atoms with van der Waals surface area (Å²) in [6, 6.07) is 37.2. The maximum Gasteiger partial charge on any atom is 0.262 e. The van der Waals surface area contributed by atoms with Crippen molar-refractivity contribution in [2.75, 3.05) is 20.4 Å². The van der Waals surface area contributed by atoms with Crippen LogP contribution in [0, 0.1) is 5.13 Å². The topological polar surface area (TPSA) is 64.7 Å². The van der Waals surface area contributed by atoms with Gasteiger partial charge in [-0.25, -0.2) is 0 Å². The number of fused-ring (bicyclic) bond motifs is 2. The normalized spacial score (nSPS) is 17.3. The number of halogens is 2. The van der Waals surface area contributed by atoms with E-state index in [9.17, 15) is 14.0 Å². The van der Waals surface area contributed by atoms with Gasteiger partial charge < -0.3 is 10.6 Å². The number of thiophene rings is 2. The van der Waals surface area contributed by atoms with E-state index in [0.717, 1.165) is 38.7 Å². The van der Waals surface area contributed by atoms with Crippen molar-refractivity contribution in [2.45, 2.75) is 12.3 Å². The molecule has 2 aliphatic heterocycles. The van der Waals surface area contributed by atoms with Gasteiger partial charge >= 0.3 is 0 Å². The Morgan fingerprint density at radius 1 is 0.587 bits per heavy atom. The molecule has 2 N–H and O–H groups in total. The molecule has 2 aromatic heterocycles. The van der Waals surface area contributed by atoms with Crippen LogP contribution >= 0.6 is 34.3 Å². The smallest absolute Gasteiger partial charge is 0.262 e. The highest BCUT2D eigenvalue weighted by Gasteiger charge is 2.37. The van der Waals surface area contributed by atoms with E-state index in [2.05, 4.69) is 10.6 Å². The molecule has 8 rings (SSSR count). The van der Waals surface area contributed by atoms with E-state index in [1.807, 2.05) is 103 Å². The van der Waals surface area contributed by atoms with Crippen LogP contribution < -0.4 is 20.4 Å². The lowest BCUT2D eigenvalue weighted by atomic mass is 9.97. The monoisotopic (exact) mass is 662 g/mol. The molecule has 2 amide bonds. The number of hydrogen-bond donors (Lipinski definition) is 2. The molecule has 2 aliphatic rings. The van der Waals surface area contributed by atoms with E-state index in [0.29, 0.717) is 31.7 Å². The Bertz CT molecular complexity index is 2130. The quantitative estimate of drug-likeness (QED) is 0.193.